The van der Waals surface area contributed by atoms with Crippen LogP contribution in [0.4, 0.5) is 22.0 Å². The molecule has 5 aromatic rings. The highest BCUT2D eigenvalue weighted by molar-refractivity contribution is 6.25. The molecule has 132 valence electrons. The SMILES string of the molecule is Fc1c(F)c(F)c(-c2ccc3ccc4cccc5ccc2c3c45)c(F)c1F. The van der Waals surface area contributed by atoms with Crippen LogP contribution in [0.15, 0.2) is 54.6 Å². The average Bonchev–Trinajstić information content (AvgIpc) is 2.70. The minimum Gasteiger partial charge on any atom is -0.203 e. The van der Waals surface area contributed by atoms with Crippen molar-refractivity contribution >= 4 is 32.3 Å². The standard InChI is InChI=1S/C22H9F5/c23-18-17(19(24)21(26)22(27)20(18)25)14-9-7-12-5-4-10-2-1-3-11-6-8-13(14)16(12)15(10)11/h1-9H. The van der Waals surface area contributed by atoms with Crippen molar-refractivity contribution in [1.29, 1.82) is 0 Å². The van der Waals surface area contributed by atoms with Crippen molar-refractivity contribution in [1.82, 2.24) is 0 Å². The van der Waals surface area contributed by atoms with Crippen LogP contribution in [0.2, 0.25) is 0 Å². The van der Waals surface area contributed by atoms with Gasteiger partial charge in [-0.1, -0.05) is 54.6 Å². The lowest BCUT2D eigenvalue weighted by atomic mass is 9.89. The van der Waals surface area contributed by atoms with Gasteiger partial charge in [-0.05, 0) is 37.9 Å². The molecule has 0 aliphatic heterocycles. The molecule has 0 saturated carbocycles. The van der Waals surface area contributed by atoms with E-state index >= 15 is 0 Å². The Hall–Kier alpha value is -3.21. The highest BCUT2D eigenvalue weighted by Crippen LogP contribution is 2.41. The molecule has 0 N–H and O–H groups in total. The van der Waals surface area contributed by atoms with Crippen LogP contribution in [0.25, 0.3) is 43.4 Å². The Morgan fingerprint density at radius 3 is 1.56 bits per heavy atom. The van der Waals surface area contributed by atoms with Crippen LogP contribution in [-0.2, 0) is 0 Å². The zero-order valence-corrected chi connectivity index (χ0v) is 13.6. The third-order valence-corrected chi connectivity index (χ3v) is 5.01. The van der Waals surface area contributed by atoms with E-state index in [2.05, 4.69) is 0 Å². The summed E-state index contributed by atoms with van der Waals surface area (Å²) in [7, 11) is 0. The molecule has 0 saturated heterocycles. The summed E-state index contributed by atoms with van der Waals surface area (Å²) >= 11 is 0. The summed E-state index contributed by atoms with van der Waals surface area (Å²) in [5.41, 5.74) is -0.946. The van der Waals surface area contributed by atoms with Gasteiger partial charge in [-0.3, -0.25) is 0 Å². The molecule has 0 aliphatic rings. The normalized spacial score (nSPS) is 11.9. The van der Waals surface area contributed by atoms with E-state index in [9.17, 15) is 22.0 Å². The first-order valence-electron chi connectivity index (χ1n) is 8.17. The number of hydrogen-bond acceptors (Lipinski definition) is 0. The molecule has 5 aromatic carbocycles. The minimum absolute atomic E-state index is 0.0337. The second-order valence-corrected chi connectivity index (χ2v) is 6.41. The molecule has 5 rings (SSSR count). The molecule has 27 heavy (non-hydrogen) atoms. The summed E-state index contributed by atoms with van der Waals surface area (Å²) in [6, 6.07) is 16.0. The minimum atomic E-state index is -2.16. The fraction of sp³-hybridized carbons (Fsp3) is 0. The quantitative estimate of drug-likeness (QED) is 0.130. The first kappa shape index (κ1) is 16.0. The van der Waals surface area contributed by atoms with Gasteiger partial charge in [0.05, 0.1) is 5.56 Å². The highest BCUT2D eigenvalue weighted by atomic mass is 19.2. The maximum Gasteiger partial charge on any atom is 0.200 e. The molecule has 0 atom stereocenters. The summed E-state index contributed by atoms with van der Waals surface area (Å²) in [6.45, 7) is 0. The van der Waals surface area contributed by atoms with E-state index in [4.69, 9.17) is 0 Å². The Morgan fingerprint density at radius 1 is 0.444 bits per heavy atom. The predicted octanol–water partition coefficient (Wildman–Crippen LogP) is 6.95. The maximum absolute atomic E-state index is 14.4. The molecule has 5 heteroatoms. The Kier molecular flexibility index (Phi) is 3.20. The second-order valence-electron chi connectivity index (χ2n) is 6.41. The molecule has 0 aromatic heterocycles. The summed E-state index contributed by atoms with van der Waals surface area (Å²) in [5.74, 6) is -9.72. The van der Waals surface area contributed by atoms with Gasteiger partial charge in [0.25, 0.3) is 0 Å². The molecular formula is C22H9F5. The third-order valence-electron chi connectivity index (χ3n) is 5.01. The molecule has 0 radical (unpaired) electrons. The van der Waals surface area contributed by atoms with Gasteiger partial charge in [-0.15, -0.1) is 0 Å². The van der Waals surface area contributed by atoms with Crippen LogP contribution < -0.4 is 0 Å². The fourth-order valence-corrected chi connectivity index (χ4v) is 3.79. The number of halogens is 5. The zero-order chi connectivity index (χ0) is 18.9. The first-order valence-corrected chi connectivity index (χ1v) is 8.17. The smallest absolute Gasteiger partial charge is 0.200 e. The molecule has 0 spiro atoms. The van der Waals surface area contributed by atoms with Crippen molar-refractivity contribution in [2.24, 2.45) is 0 Å². The third kappa shape index (κ3) is 2.02. The maximum atomic E-state index is 14.4. The molecule has 0 aliphatic carbocycles. The molecule has 0 unspecified atom stereocenters. The van der Waals surface area contributed by atoms with Crippen molar-refractivity contribution in [3.05, 3.63) is 83.7 Å². The zero-order valence-electron chi connectivity index (χ0n) is 13.6. The van der Waals surface area contributed by atoms with E-state index in [1.807, 2.05) is 30.3 Å². The van der Waals surface area contributed by atoms with Gasteiger partial charge in [0.1, 0.15) is 0 Å². The lowest BCUT2D eigenvalue weighted by Gasteiger charge is -2.15. The van der Waals surface area contributed by atoms with Crippen LogP contribution in [0.5, 0.6) is 0 Å². The fourth-order valence-electron chi connectivity index (χ4n) is 3.79. The molecule has 0 fully saturated rings. The monoisotopic (exact) mass is 368 g/mol. The van der Waals surface area contributed by atoms with Gasteiger partial charge in [0, 0.05) is 0 Å². The molecule has 0 bridgehead atoms. The average molecular weight is 368 g/mol. The van der Waals surface area contributed by atoms with Gasteiger partial charge >= 0.3 is 0 Å². The summed E-state index contributed by atoms with van der Waals surface area (Å²) in [5, 5.41) is 4.73. The van der Waals surface area contributed by atoms with Crippen molar-refractivity contribution in [2.45, 2.75) is 0 Å². The van der Waals surface area contributed by atoms with Crippen molar-refractivity contribution in [3.63, 3.8) is 0 Å². The Labute approximate surface area is 149 Å². The summed E-state index contributed by atoms with van der Waals surface area (Å²) in [6.07, 6.45) is 0. The van der Waals surface area contributed by atoms with E-state index < -0.39 is 34.6 Å². The van der Waals surface area contributed by atoms with Crippen LogP contribution in [0, 0.1) is 29.1 Å². The van der Waals surface area contributed by atoms with Crippen LogP contribution in [0.3, 0.4) is 0 Å². The van der Waals surface area contributed by atoms with Crippen molar-refractivity contribution < 1.29 is 22.0 Å². The lowest BCUT2D eigenvalue weighted by Crippen LogP contribution is -2.04. The molecule has 0 amide bonds. The summed E-state index contributed by atoms with van der Waals surface area (Å²) < 4.78 is 69.7. The Balaban J connectivity index is 1.99. The second kappa shape index (κ2) is 5.39. The van der Waals surface area contributed by atoms with Gasteiger partial charge < -0.3 is 0 Å². The number of hydrogen-bond donors (Lipinski definition) is 0. The first-order chi connectivity index (χ1) is 13.0. The number of rotatable bonds is 1. The van der Waals surface area contributed by atoms with Crippen LogP contribution in [-0.4, -0.2) is 0 Å². The highest BCUT2D eigenvalue weighted by Gasteiger charge is 2.27. The largest absolute Gasteiger partial charge is 0.203 e. The van der Waals surface area contributed by atoms with Crippen molar-refractivity contribution in [3.8, 4) is 11.1 Å². The number of benzene rings is 5. The topological polar surface area (TPSA) is 0 Å². The van der Waals surface area contributed by atoms with Crippen LogP contribution >= 0.6 is 0 Å². The van der Waals surface area contributed by atoms with E-state index in [-0.39, 0.29) is 5.56 Å². The van der Waals surface area contributed by atoms with E-state index in [0.717, 1.165) is 26.9 Å². The molecular weight excluding hydrogens is 359 g/mol. The van der Waals surface area contributed by atoms with Crippen molar-refractivity contribution in [2.75, 3.05) is 0 Å². The van der Waals surface area contributed by atoms with E-state index in [0.29, 0.717) is 5.39 Å². The van der Waals surface area contributed by atoms with Crippen LogP contribution in [0.1, 0.15) is 0 Å². The van der Waals surface area contributed by atoms with Gasteiger partial charge in [0.15, 0.2) is 23.3 Å². The van der Waals surface area contributed by atoms with Gasteiger partial charge in [-0.2, -0.15) is 0 Å². The van der Waals surface area contributed by atoms with Gasteiger partial charge in [0.2, 0.25) is 5.82 Å². The van der Waals surface area contributed by atoms with E-state index in [1.54, 1.807) is 18.2 Å². The Morgan fingerprint density at radius 2 is 0.926 bits per heavy atom. The molecule has 0 nitrogen and oxygen atoms in total. The Bertz CT molecular complexity index is 1330. The predicted molar refractivity (Wildman–Crippen MR) is 95.4 cm³/mol. The van der Waals surface area contributed by atoms with Gasteiger partial charge in [-0.25, -0.2) is 22.0 Å². The summed E-state index contributed by atoms with van der Waals surface area (Å²) in [4.78, 5) is 0. The van der Waals surface area contributed by atoms with E-state index in [1.165, 1.54) is 6.07 Å². The lowest BCUT2D eigenvalue weighted by molar-refractivity contribution is 0.381. The molecule has 0 heterocycles.